The van der Waals surface area contributed by atoms with Crippen molar-refractivity contribution in [3.05, 3.63) is 0 Å². The van der Waals surface area contributed by atoms with Crippen molar-refractivity contribution < 1.29 is 29.4 Å². The molecule has 0 saturated heterocycles. The molecule has 0 aromatic rings. The normalized spacial score (nSPS) is 11.6. The van der Waals surface area contributed by atoms with Gasteiger partial charge in [-0.3, -0.25) is 14.4 Å². The summed E-state index contributed by atoms with van der Waals surface area (Å²) < 4.78 is 0. The first-order valence-corrected chi connectivity index (χ1v) is 5.85. The lowest BCUT2D eigenvalue weighted by atomic mass is 10.1. The maximum absolute atomic E-state index is 11.4. The quantitative estimate of drug-likeness (QED) is 0.393. The Morgan fingerprint density at radius 2 is 1.58 bits per heavy atom. The second kappa shape index (κ2) is 8.90. The number of hydrogen-bond acceptors (Lipinski definition) is 4. The zero-order chi connectivity index (χ0) is 14.8. The van der Waals surface area contributed by atoms with Crippen molar-refractivity contribution in [2.24, 2.45) is 5.73 Å². The number of hydrogen-bond donors (Lipinski definition) is 4. The van der Waals surface area contributed by atoms with Gasteiger partial charge in [-0.25, -0.2) is 4.79 Å². The Balaban J connectivity index is 3.99. The molecular weight excluding hydrogens is 256 g/mol. The Kier molecular flexibility index (Phi) is 7.90. The van der Waals surface area contributed by atoms with Gasteiger partial charge >= 0.3 is 11.9 Å². The first kappa shape index (κ1) is 16.9. The van der Waals surface area contributed by atoms with Crippen molar-refractivity contribution in [3.63, 3.8) is 0 Å². The van der Waals surface area contributed by atoms with E-state index in [4.69, 9.17) is 15.9 Å². The predicted octanol–water partition coefficient (Wildman–Crippen LogP) is -0.534. The first-order chi connectivity index (χ1) is 8.82. The molecule has 1 unspecified atom stereocenters. The van der Waals surface area contributed by atoms with Gasteiger partial charge in [-0.2, -0.15) is 0 Å². The van der Waals surface area contributed by atoms with E-state index in [1.165, 1.54) is 0 Å². The van der Waals surface area contributed by atoms with Gasteiger partial charge in [0.2, 0.25) is 11.8 Å². The standard InChI is InChI=1S/C11H18N2O6/c12-8(14)6-5-7(11(18)19)13-9(15)3-1-2-4-10(16)17/h7H,1-6H2,(H2,12,14)(H,13,15)(H,16,17)(H,18,19). The van der Waals surface area contributed by atoms with E-state index in [9.17, 15) is 19.2 Å². The van der Waals surface area contributed by atoms with Crippen molar-refractivity contribution in [2.45, 2.75) is 44.6 Å². The van der Waals surface area contributed by atoms with Crippen LogP contribution in [-0.4, -0.2) is 40.0 Å². The number of carbonyl (C=O) groups is 4. The highest BCUT2D eigenvalue weighted by molar-refractivity contribution is 5.84. The largest absolute Gasteiger partial charge is 0.481 e. The Hall–Kier alpha value is -2.12. The monoisotopic (exact) mass is 274 g/mol. The second-order valence-electron chi connectivity index (χ2n) is 4.06. The molecule has 0 aromatic heterocycles. The first-order valence-electron chi connectivity index (χ1n) is 5.85. The SMILES string of the molecule is NC(=O)CCC(NC(=O)CCCCC(=O)O)C(=O)O. The summed E-state index contributed by atoms with van der Waals surface area (Å²) in [6.07, 6.45) is 0.537. The van der Waals surface area contributed by atoms with Crippen LogP contribution in [0.25, 0.3) is 0 Å². The van der Waals surface area contributed by atoms with Crippen LogP contribution in [-0.2, 0) is 19.2 Å². The van der Waals surface area contributed by atoms with Gasteiger partial charge in [0.1, 0.15) is 6.04 Å². The van der Waals surface area contributed by atoms with Gasteiger partial charge in [0.25, 0.3) is 0 Å². The van der Waals surface area contributed by atoms with E-state index in [2.05, 4.69) is 5.32 Å². The molecule has 1 atom stereocenters. The molecule has 108 valence electrons. The van der Waals surface area contributed by atoms with E-state index in [1.54, 1.807) is 0 Å². The van der Waals surface area contributed by atoms with Crippen LogP contribution in [0.15, 0.2) is 0 Å². The zero-order valence-corrected chi connectivity index (χ0v) is 10.4. The molecule has 0 fully saturated rings. The lowest BCUT2D eigenvalue weighted by Crippen LogP contribution is -2.41. The molecule has 0 aliphatic heterocycles. The fourth-order valence-corrected chi connectivity index (χ4v) is 1.37. The lowest BCUT2D eigenvalue weighted by molar-refractivity contribution is -0.142. The average molecular weight is 274 g/mol. The van der Waals surface area contributed by atoms with Crippen LogP contribution in [0.3, 0.4) is 0 Å². The minimum atomic E-state index is -1.24. The Bertz CT molecular complexity index is 355. The van der Waals surface area contributed by atoms with E-state index >= 15 is 0 Å². The molecular formula is C11H18N2O6. The third-order valence-electron chi connectivity index (χ3n) is 2.36. The van der Waals surface area contributed by atoms with E-state index in [-0.39, 0.29) is 25.7 Å². The topological polar surface area (TPSA) is 147 Å². The second-order valence-corrected chi connectivity index (χ2v) is 4.06. The van der Waals surface area contributed by atoms with Gasteiger partial charge in [0.15, 0.2) is 0 Å². The van der Waals surface area contributed by atoms with Crippen LogP contribution in [0.2, 0.25) is 0 Å². The summed E-state index contributed by atoms with van der Waals surface area (Å²) >= 11 is 0. The molecule has 19 heavy (non-hydrogen) atoms. The number of amides is 2. The van der Waals surface area contributed by atoms with Crippen LogP contribution in [0.4, 0.5) is 0 Å². The number of rotatable bonds is 10. The molecule has 8 nitrogen and oxygen atoms in total. The Morgan fingerprint density at radius 3 is 2.05 bits per heavy atom. The summed E-state index contributed by atoms with van der Waals surface area (Å²) in [5.41, 5.74) is 4.90. The fraction of sp³-hybridized carbons (Fsp3) is 0.636. The molecule has 0 radical (unpaired) electrons. The number of aliphatic carboxylic acids is 2. The van der Waals surface area contributed by atoms with Crippen LogP contribution >= 0.6 is 0 Å². The van der Waals surface area contributed by atoms with Crippen molar-refractivity contribution in [1.82, 2.24) is 5.32 Å². The molecule has 0 saturated carbocycles. The lowest BCUT2D eigenvalue weighted by Gasteiger charge is -2.13. The molecule has 0 aliphatic rings. The number of nitrogens with two attached hydrogens (primary N) is 1. The smallest absolute Gasteiger partial charge is 0.326 e. The highest BCUT2D eigenvalue weighted by Gasteiger charge is 2.20. The highest BCUT2D eigenvalue weighted by Crippen LogP contribution is 2.02. The molecule has 5 N–H and O–H groups in total. The zero-order valence-electron chi connectivity index (χ0n) is 10.4. The van der Waals surface area contributed by atoms with E-state index in [1.807, 2.05) is 0 Å². The molecule has 0 aromatic carbocycles. The minimum absolute atomic E-state index is 0.0304. The third-order valence-corrected chi connectivity index (χ3v) is 2.36. The molecule has 8 heteroatoms. The maximum atomic E-state index is 11.4. The van der Waals surface area contributed by atoms with Crippen molar-refractivity contribution in [1.29, 1.82) is 0 Å². The summed E-state index contributed by atoms with van der Waals surface area (Å²) in [5.74, 6) is -3.30. The Morgan fingerprint density at radius 1 is 1.00 bits per heavy atom. The van der Waals surface area contributed by atoms with Gasteiger partial charge in [-0.05, 0) is 19.3 Å². The van der Waals surface area contributed by atoms with Gasteiger partial charge in [0.05, 0.1) is 0 Å². The fourth-order valence-electron chi connectivity index (χ4n) is 1.37. The maximum Gasteiger partial charge on any atom is 0.326 e. The molecule has 0 rings (SSSR count). The van der Waals surface area contributed by atoms with Gasteiger partial charge in [0, 0.05) is 19.3 Å². The van der Waals surface area contributed by atoms with E-state index in [0.29, 0.717) is 12.8 Å². The van der Waals surface area contributed by atoms with E-state index < -0.39 is 29.8 Å². The summed E-state index contributed by atoms with van der Waals surface area (Å²) in [6, 6.07) is -1.15. The molecule has 0 heterocycles. The third kappa shape index (κ3) is 9.57. The molecule has 0 spiro atoms. The predicted molar refractivity (Wildman–Crippen MR) is 64.1 cm³/mol. The summed E-state index contributed by atoms with van der Waals surface area (Å²) in [7, 11) is 0. The Labute approximate surface area is 110 Å². The van der Waals surface area contributed by atoms with Crippen LogP contribution in [0.5, 0.6) is 0 Å². The number of nitrogens with one attached hydrogen (secondary N) is 1. The summed E-state index contributed by atoms with van der Waals surface area (Å²) in [5, 5.41) is 19.5. The van der Waals surface area contributed by atoms with Crippen LogP contribution < -0.4 is 11.1 Å². The summed E-state index contributed by atoms with van der Waals surface area (Å²) in [4.78, 5) is 43.0. The van der Waals surface area contributed by atoms with Gasteiger partial charge < -0.3 is 21.3 Å². The van der Waals surface area contributed by atoms with Crippen molar-refractivity contribution in [3.8, 4) is 0 Å². The van der Waals surface area contributed by atoms with Gasteiger partial charge in [-0.1, -0.05) is 0 Å². The van der Waals surface area contributed by atoms with Crippen molar-refractivity contribution >= 4 is 23.8 Å². The number of unbranched alkanes of at least 4 members (excludes halogenated alkanes) is 1. The van der Waals surface area contributed by atoms with E-state index in [0.717, 1.165) is 0 Å². The van der Waals surface area contributed by atoms with Crippen molar-refractivity contribution in [2.75, 3.05) is 0 Å². The minimum Gasteiger partial charge on any atom is -0.481 e. The van der Waals surface area contributed by atoms with Crippen LogP contribution in [0.1, 0.15) is 38.5 Å². The molecule has 0 bridgehead atoms. The number of primary amides is 1. The molecule has 0 aliphatic carbocycles. The highest BCUT2D eigenvalue weighted by atomic mass is 16.4. The number of carbonyl (C=O) groups excluding carboxylic acids is 2. The van der Waals surface area contributed by atoms with Gasteiger partial charge in [-0.15, -0.1) is 0 Å². The average Bonchev–Trinajstić information content (AvgIpc) is 2.29. The molecule has 2 amide bonds. The summed E-state index contributed by atoms with van der Waals surface area (Å²) in [6.45, 7) is 0. The van der Waals surface area contributed by atoms with Crippen LogP contribution in [0, 0.1) is 0 Å². The number of carboxylic acid groups (broad SMARTS) is 2. The number of carboxylic acids is 2.